The van der Waals surface area contributed by atoms with Crippen LogP contribution in [-0.4, -0.2) is 0 Å². The number of rotatable bonds is 4. The van der Waals surface area contributed by atoms with Gasteiger partial charge in [-0.15, -0.1) is 0 Å². The van der Waals surface area contributed by atoms with Gasteiger partial charge in [0.15, 0.2) is 0 Å². The Hall–Kier alpha value is -3.84. The Bertz CT molecular complexity index is 1160. The molecule has 0 spiro atoms. The molecule has 1 aliphatic rings. The number of allylic oxidation sites excluding steroid dienone is 2. The standard InChI is InChI=1S/C30H24O/c1-23-17-19-27(20-18-23)30(26-15-9-4-10-16-26)21-28(24-11-5-2-6-12-24)31-29(22-30)25-13-7-3-8-14-25/h2-22H,1H3. The first-order valence-corrected chi connectivity index (χ1v) is 10.6. The molecule has 0 N–H and O–H groups in total. The van der Waals surface area contributed by atoms with Crippen LogP contribution in [0.2, 0.25) is 0 Å². The molecule has 1 nitrogen and oxygen atoms in total. The summed E-state index contributed by atoms with van der Waals surface area (Å²) in [6.07, 6.45) is 4.52. The van der Waals surface area contributed by atoms with Crippen LogP contribution in [-0.2, 0) is 10.2 Å². The molecular weight excluding hydrogens is 376 g/mol. The summed E-state index contributed by atoms with van der Waals surface area (Å²) in [4.78, 5) is 0. The SMILES string of the molecule is Cc1ccc(C2(c3ccccc3)C=C(c3ccccc3)OC(c3ccccc3)=C2)cc1. The summed E-state index contributed by atoms with van der Waals surface area (Å²) in [6, 6.07) is 40.2. The van der Waals surface area contributed by atoms with Gasteiger partial charge in [-0.3, -0.25) is 0 Å². The van der Waals surface area contributed by atoms with E-state index in [2.05, 4.69) is 122 Å². The third kappa shape index (κ3) is 3.71. The van der Waals surface area contributed by atoms with Crippen molar-refractivity contribution in [1.29, 1.82) is 0 Å². The Morgan fingerprint density at radius 1 is 0.484 bits per heavy atom. The molecule has 0 aromatic heterocycles. The maximum absolute atomic E-state index is 6.50. The first kappa shape index (κ1) is 19.1. The molecule has 0 amide bonds. The quantitative estimate of drug-likeness (QED) is 0.347. The smallest absolute Gasteiger partial charge is 0.132 e. The van der Waals surface area contributed by atoms with Crippen molar-refractivity contribution < 1.29 is 4.74 Å². The molecule has 5 rings (SSSR count). The average molecular weight is 401 g/mol. The first-order chi connectivity index (χ1) is 15.2. The van der Waals surface area contributed by atoms with Crippen molar-refractivity contribution in [3.05, 3.63) is 155 Å². The molecule has 1 aliphatic heterocycles. The van der Waals surface area contributed by atoms with Gasteiger partial charge in [-0.05, 0) is 30.2 Å². The maximum Gasteiger partial charge on any atom is 0.132 e. The molecule has 150 valence electrons. The van der Waals surface area contributed by atoms with Crippen LogP contribution in [0.25, 0.3) is 11.5 Å². The minimum absolute atomic E-state index is 0.441. The predicted octanol–water partition coefficient (Wildman–Crippen LogP) is 7.39. The average Bonchev–Trinajstić information content (AvgIpc) is 2.86. The van der Waals surface area contributed by atoms with Gasteiger partial charge in [0.25, 0.3) is 0 Å². The summed E-state index contributed by atoms with van der Waals surface area (Å²) >= 11 is 0. The molecule has 0 saturated carbocycles. The van der Waals surface area contributed by atoms with Crippen LogP contribution in [0.4, 0.5) is 0 Å². The van der Waals surface area contributed by atoms with Gasteiger partial charge in [0, 0.05) is 11.1 Å². The fraction of sp³-hybridized carbons (Fsp3) is 0.0667. The Morgan fingerprint density at radius 2 is 0.903 bits per heavy atom. The fourth-order valence-electron chi connectivity index (χ4n) is 4.17. The van der Waals surface area contributed by atoms with E-state index in [1.54, 1.807) is 0 Å². The van der Waals surface area contributed by atoms with Gasteiger partial charge in [0.1, 0.15) is 11.5 Å². The number of benzene rings is 4. The van der Waals surface area contributed by atoms with Crippen molar-refractivity contribution in [1.82, 2.24) is 0 Å². The Labute approximate surface area is 184 Å². The number of hydrogen-bond donors (Lipinski definition) is 0. The van der Waals surface area contributed by atoms with Crippen LogP contribution in [0, 0.1) is 6.92 Å². The van der Waals surface area contributed by atoms with Crippen molar-refractivity contribution in [3.8, 4) is 0 Å². The van der Waals surface area contributed by atoms with E-state index in [1.165, 1.54) is 16.7 Å². The second kappa shape index (κ2) is 8.12. The van der Waals surface area contributed by atoms with Crippen LogP contribution >= 0.6 is 0 Å². The van der Waals surface area contributed by atoms with Crippen molar-refractivity contribution in [2.45, 2.75) is 12.3 Å². The van der Waals surface area contributed by atoms with E-state index in [0.29, 0.717) is 0 Å². The van der Waals surface area contributed by atoms with Crippen LogP contribution < -0.4 is 0 Å². The van der Waals surface area contributed by atoms with Crippen LogP contribution in [0.1, 0.15) is 27.8 Å². The monoisotopic (exact) mass is 400 g/mol. The highest BCUT2D eigenvalue weighted by Crippen LogP contribution is 2.44. The molecule has 4 aromatic carbocycles. The summed E-state index contributed by atoms with van der Waals surface area (Å²) in [5.74, 6) is 1.73. The topological polar surface area (TPSA) is 9.23 Å². The number of ether oxygens (including phenoxy) is 1. The molecule has 0 aliphatic carbocycles. The van der Waals surface area contributed by atoms with Crippen LogP contribution in [0.15, 0.2) is 127 Å². The normalized spacial score (nSPS) is 14.9. The minimum Gasteiger partial charge on any atom is -0.457 e. The second-order valence-electron chi connectivity index (χ2n) is 7.95. The van der Waals surface area contributed by atoms with E-state index < -0.39 is 5.41 Å². The third-order valence-electron chi connectivity index (χ3n) is 5.83. The maximum atomic E-state index is 6.50. The number of hydrogen-bond acceptors (Lipinski definition) is 1. The highest BCUT2D eigenvalue weighted by Gasteiger charge is 2.35. The van der Waals surface area contributed by atoms with Crippen molar-refractivity contribution >= 4 is 11.5 Å². The summed E-state index contributed by atoms with van der Waals surface area (Å²) in [5, 5.41) is 0. The van der Waals surface area contributed by atoms with Gasteiger partial charge in [-0.25, -0.2) is 0 Å². The molecule has 0 fully saturated rings. The molecule has 0 saturated heterocycles. The Morgan fingerprint density at radius 3 is 1.39 bits per heavy atom. The lowest BCUT2D eigenvalue weighted by molar-refractivity contribution is 0.450. The van der Waals surface area contributed by atoms with E-state index >= 15 is 0 Å². The van der Waals surface area contributed by atoms with Crippen molar-refractivity contribution in [2.24, 2.45) is 0 Å². The zero-order valence-electron chi connectivity index (χ0n) is 17.5. The zero-order valence-corrected chi connectivity index (χ0v) is 17.5. The van der Waals surface area contributed by atoms with E-state index in [-0.39, 0.29) is 0 Å². The van der Waals surface area contributed by atoms with Gasteiger partial charge >= 0.3 is 0 Å². The Balaban J connectivity index is 1.80. The van der Waals surface area contributed by atoms with Crippen molar-refractivity contribution in [3.63, 3.8) is 0 Å². The molecule has 0 atom stereocenters. The van der Waals surface area contributed by atoms with Crippen LogP contribution in [0.3, 0.4) is 0 Å². The lowest BCUT2D eigenvalue weighted by Gasteiger charge is -2.35. The third-order valence-corrected chi connectivity index (χ3v) is 5.83. The van der Waals surface area contributed by atoms with Gasteiger partial charge < -0.3 is 4.74 Å². The van der Waals surface area contributed by atoms with Gasteiger partial charge in [0.05, 0.1) is 5.41 Å². The van der Waals surface area contributed by atoms with E-state index in [4.69, 9.17) is 4.74 Å². The lowest BCUT2D eigenvalue weighted by Crippen LogP contribution is -2.26. The molecule has 1 heterocycles. The van der Waals surface area contributed by atoms with Gasteiger partial charge in [0.2, 0.25) is 0 Å². The summed E-state index contributed by atoms with van der Waals surface area (Å²) < 4.78 is 6.50. The van der Waals surface area contributed by atoms with E-state index in [1.807, 2.05) is 12.1 Å². The predicted molar refractivity (Wildman–Crippen MR) is 128 cm³/mol. The largest absolute Gasteiger partial charge is 0.457 e. The lowest BCUT2D eigenvalue weighted by atomic mass is 9.72. The summed E-state index contributed by atoms with van der Waals surface area (Å²) in [5.41, 5.74) is 5.37. The highest BCUT2D eigenvalue weighted by molar-refractivity contribution is 5.78. The molecular formula is C30H24O. The molecule has 4 aromatic rings. The molecule has 1 heteroatoms. The van der Waals surface area contributed by atoms with Crippen LogP contribution in [0.5, 0.6) is 0 Å². The molecule has 0 unspecified atom stereocenters. The first-order valence-electron chi connectivity index (χ1n) is 10.6. The highest BCUT2D eigenvalue weighted by atomic mass is 16.5. The van der Waals surface area contributed by atoms with Crippen molar-refractivity contribution in [2.75, 3.05) is 0 Å². The second-order valence-corrected chi connectivity index (χ2v) is 7.95. The molecule has 0 radical (unpaired) electrons. The van der Waals surface area contributed by atoms with E-state index in [9.17, 15) is 0 Å². The summed E-state index contributed by atoms with van der Waals surface area (Å²) in [6.45, 7) is 2.12. The van der Waals surface area contributed by atoms with E-state index in [0.717, 1.165) is 22.6 Å². The fourth-order valence-corrected chi connectivity index (χ4v) is 4.17. The Kier molecular flexibility index (Phi) is 5.01. The minimum atomic E-state index is -0.441. The summed E-state index contributed by atoms with van der Waals surface area (Å²) in [7, 11) is 0. The number of aryl methyl sites for hydroxylation is 1. The molecule has 31 heavy (non-hydrogen) atoms. The van der Waals surface area contributed by atoms with Gasteiger partial charge in [-0.1, -0.05) is 121 Å². The molecule has 0 bridgehead atoms. The zero-order chi connectivity index (χ0) is 21.1. The van der Waals surface area contributed by atoms with Gasteiger partial charge in [-0.2, -0.15) is 0 Å².